The van der Waals surface area contributed by atoms with Gasteiger partial charge in [0.15, 0.2) is 5.16 Å². The molecule has 2 aromatic heterocycles. The lowest BCUT2D eigenvalue weighted by Gasteiger charge is -2.18. The predicted molar refractivity (Wildman–Crippen MR) is 122 cm³/mol. The molecule has 0 saturated heterocycles. The molecule has 1 atom stereocenters. The zero-order chi connectivity index (χ0) is 21.6. The van der Waals surface area contributed by atoms with E-state index < -0.39 is 0 Å². The molecule has 0 bridgehead atoms. The number of nitrogens with one attached hydrogen (secondary N) is 1. The first-order valence-corrected chi connectivity index (χ1v) is 11.6. The minimum absolute atomic E-state index is 0.125. The summed E-state index contributed by atoms with van der Waals surface area (Å²) in [6, 6.07) is 19.9. The van der Waals surface area contributed by atoms with Crippen LogP contribution in [0.2, 0.25) is 0 Å². The highest BCUT2D eigenvalue weighted by molar-refractivity contribution is 7.99. The van der Waals surface area contributed by atoms with E-state index in [1.807, 2.05) is 47.3 Å². The molecular formula is C23H21FN4OS2. The SMILES string of the molecule is Cn1c(Cc2ccccc2)nnc1SCC(=O)N[C@H](c1ccc(F)cc1)c1cccs1. The molecule has 8 heteroatoms. The van der Waals surface area contributed by atoms with Gasteiger partial charge in [0.05, 0.1) is 11.8 Å². The Morgan fingerprint density at radius 1 is 1.10 bits per heavy atom. The number of hydrogen-bond donors (Lipinski definition) is 1. The van der Waals surface area contributed by atoms with Crippen molar-refractivity contribution in [2.75, 3.05) is 5.75 Å². The normalized spacial score (nSPS) is 11.9. The van der Waals surface area contributed by atoms with Gasteiger partial charge in [-0.05, 0) is 34.7 Å². The lowest BCUT2D eigenvalue weighted by Crippen LogP contribution is -2.30. The third-order valence-corrected chi connectivity index (χ3v) is 6.76. The molecule has 0 aliphatic heterocycles. The van der Waals surface area contributed by atoms with Gasteiger partial charge in [-0.3, -0.25) is 4.79 Å². The smallest absolute Gasteiger partial charge is 0.231 e. The molecule has 158 valence electrons. The molecule has 4 rings (SSSR count). The average Bonchev–Trinajstić information content (AvgIpc) is 3.43. The molecule has 1 amide bonds. The minimum atomic E-state index is -0.318. The maximum Gasteiger partial charge on any atom is 0.231 e. The molecule has 0 radical (unpaired) electrons. The molecule has 0 saturated carbocycles. The van der Waals surface area contributed by atoms with Crippen molar-refractivity contribution >= 4 is 29.0 Å². The molecule has 1 N–H and O–H groups in total. The van der Waals surface area contributed by atoms with Gasteiger partial charge in [-0.1, -0.05) is 60.3 Å². The van der Waals surface area contributed by atoms with Gasteiger partial charge in [0.25, 0.3) is 0 Å². The van der Waals surface area contributed by atoms with Crippen LogP contribution in [0.15, 0.2) is 77.3 Å². The maximum atomic E-state index is 13.3. The zero-order valence-electron chi connectivity index (χ0n) is 16.9. The van der Waals surface area contributed by atoms with E-state index in [1.165, 1.54) is 23.9 Å². The molecule has 0 aliphatic rings. The van der Waals surface area contributed by atoms with E-state index in [1.54, 1.807) is 23.5 Å². The van der Waals surface area contributed by atoms with Gasteiger partial charge < -0.3 is 9.88 Å². The van der Waals surface area contributed by atoms with Gasteiger partial charge in [0.1, 0.15) is 11.6 Å². The predicted octanol–water partition coefficient (Wildman–Crippen LogP) is 4.60. The number of thiophene rings is 1. The van der Waals surface area contributed by atoms with Crippen LogP contribution in [-0.2, 0) is 18.3 Å². The average molecular weight is 453 g/mol. The van der Waals surface area contributed by atoms with Crippen LogP contribution in [0.1, 0.15) is 27.9 Å². The van der Waals surface area contributed by atoms with Gasteiger partial charge in [-0.15, -0.1) is 21.5 Å². The van der Waals surface area contributed by atoms with Crippen molar-refractivity contribution in [3.63, 3.8) is 0 Å². The molecule has 0 unspecified atom stereocenters. The van der Waals surface area contributed by atoms with Crippen molar-refractivity contribution in [3.8, 4) is 0 Å². The van der Waals surface area contributed by atoms with E-state index in [0.29, 0.717) is 11.6 Å². The Hall–Kier alpha value is -2.97. The van der Waals surface area contributed by atoms with E-state index in [0.717, 1.165) is 21.8 Å². The fraction of sp³-hybridized carbons (Fsp3) is 0.174. The summed E-state index contributed by atoms with van der Waals surface area (Å²) in [4.78, 5) is 13.7. The maximum absolute atomic E-state index is 13.3. The van der Waals surface area contributed by atoms with Gasteiger partial charge in [-0.2, -0.15) is 0 Å². The summed E-state index contributed by atoms with van der Waals surface area (Å²) >= 11 is 2.90. The van der Waals surface area contributed by atoms with Crippen molar-refractivity contribution in [3.05, 3.63) is 99.8 Å². The number of rotatable bonds is 8. The molecule has 2 heterocycles. The number of amides is 1. The molecule has 0 spiro atoms. The third kappa shape index (κ3) is 5.39. The number of carbonyl (C=O) groups excluding carboxylic acids is 1. The number of nitrogens with zero attached hydrogens (tertiary/aromatic N) is 3. The Labute approximate surface area is 188 Å². The lowest BCUT2D eigenvalue weighted by molar-refractivity contribution is -0.119. The van der Waals surface area contributed by atoms with Crippen molar-refractivity contribution < 1.29 is 9.18 Å². The van der Waals surface area contributed by atoms with Crippen LogP contribution in [0.25, 0.3) is 0 Å². The van der Waals surface area contributed by atoms with Gasteiger partial charge in [0.2, 0.25) is 5.91 Å². The summed E-state index contributed by atoms with van der Waals surface area (Å²) in [6.45, 7) is 0. The van der Waals surface area contributed by atoms with Crippen LogP contribution < -0.4 is 5.32 Å². The van der Waals surface area contributed by atoms with E-state index >= 15 is 0 Å². The van der Waals surface area contributed by atoms with E-state index in [2.05, 4.69) is 27.6 Å². The third-order valence-electron chi connectivity index (χ3n) is 4.80. The van der Waals surface area contributed by atoms with Crippen molar-refractivity contribution in [2.45, 2.75) is 17.6 Å². The van der Waals surface area contributed by atoms with Gasteiger partial charge in [-0.25, -0.2) is 4.39 Å². The standard InChI is InChI=1S/C23H21FN4OS2/c1-28-20(14-16-6-3-2-4-7-16)26-27-23(28)31-15-21(29)25-22(19-8-5-13-30-19)17-9-11-18(24)12-10-17/h2-13,22H,14-15H2,1H3,(H,25,29)/t22-/m1/s1. The van der Waals surface area contributed by atoms with Crippen LogP contribution in [-0.4, -0.2) is 26.4 Å². The Bertz CT molecular complexity index is 1130. The Balaban J connectivity index is 1.40. The topological polar surface area (TPSA) is 59.8 Å². The summed E-state index contributed by atoms with van der Waals surface area (Å²) in [5.74, 6) is 0.627. The molecule has 31 heavy (non-hydrogen) atoms. The number of halogens is 1. The molecule has 5 nitrogen and oxygen atoms in total. The minimum Gasteiger partial charge on any atom is -0.344 e. The highest BCUT2D eigenvalue weighted by Crippen LogP contribution is 2.27. The zero-order valence-corrected chi connectivity index (χ0v) is 18.5. The van der Waals surface area contributed by atoms with Crippen LogP contribution in [0.4, 0.5) is 4.39 Å². The summed E-state index contributed by atoms with van der Waals surface area (Å²) in [5, 5.41) is 14.2. The summed E-state index contributed by atoms with van der Waals surface area (Å²) in [7, 11) is 1.91. The Morgan fingerprint density at radius 3 is 2.58 bits per heavy atom. The number of aromatic nitrogens is 3. The summed E-state index contributed by atoms with van der Waals surface area (Å²) in [5.41, 5.74) is 2.00. The number of benzene rings is 2. The second-order valence-corrected chi connectivity index (χ2v) is 8.90. The Morgan fingerprint density at radius 2 is 1.87 bits per heavy atom. The van der Waals surface area contributed by atoms with Crippen LogP contribution >= 0.6 is 23.1 Å². The number of carbonyl (C=O) groups is 1. The van der Waals surface area contributed by atoms with Gasteiger partial charge in [0, 0.05) is 18.3 Å². The summed E-state index contributed by atoms with van der Waals surface area (Å²) < 4.78 is 15.3. The van der Waals surface area contributed by atoms with Crippen molar-refractivity contribution in [1.29, 1.82) is 0 Å². The largest absolute Gasteiger partial charge is 0.344 e. The molecule has 2 aromatic carbocycles. The fourth-order valence-corrected chi connectivity index (χ4v) is 4.71. The monoisotopic (exact) mass is 452 g/mol. The first-order valence-electron chi connectivity index (χ1n) is 9.73. The van der Waals surface area contributed by atoms with Crippen LogP contribution in [0.5, 0.6) is 0 Å². The first-order chi connectivity index (χ1) is 15.1. The molecular weight excluding hydrogens is 431 g/mol. The van der Waals surface area contributed by atoms with E-state index in [-0.39, 0.29) is 23.5 Å². The van der Waals surface area contributed by atoms with Crippen molar-refractivity contribution in [1.82, 2.24) is 20.1 Å². The Kier molecular flexibility index (Phi) is 6.79. The molecule has 0 fully saturated rings. The van der Waals surface area contributed by atoms with Crippen LogP contribution in [0.3, 0.4) is 0 Å². The first kappa shape index (κ1) is 21.3. The van der Waals surface area contributed by atoms with E-state index in [9.17, 15) is 9.18 Å². The lowest BCUT2D eigenvalue weighted by atomic mass is 10.1. The summed E-state index contributed by atoms with van der Waals surface area (Å²) in [6.07, 6.45) is 0.683. The highest BCUT2D eigenvalue weighted by Gasteiger charge is 2.19. The quantitative estimate of drug-likeness (QED) is 0.397. The van der Waals surface area contributed by atoms with E-state index in [4.69, 9.17) is 0 Å². The van der Waals surface area contributed by atoms with Crippen LogP contribution in [0, 0.1) is 5.82 Å². The van der Waals surface area contributed by atoms with Crippen molar-refractivity contribution in [2.24, 2.45) is 7.05 Å². The second-order valence-electron chi connectivity index (χ2n) is 6.98. The second kappa shape index (κ2) is 9.89. The highest BCUT2D eigenvalue weighted by atomic mass is 32.2. The molecule has 0 aliphatic carbocycles. The number of thioether (sulfide) groups is 1. The fourth-order valence-electron chi connectivity index (χ4n) is 3.17. The van der Waals surface area contributed by atoms with Gasteiger partial charge >= 0.3 is 0 Å². The number of hydrogen-bond acceptors (Lipinski definition) is 5. The molecule has 4 aromatic rings.